The molecule has 1 heterocycles. The molecule has 1 aromatic rings. The minimum absolute atomic E-state index is 0.00348. The van der Waals surface area contributed by atoms with Gasteiger partial charge in [-0.2, -0.15) is 5.26 Å². The van der Waals surface area contributed by atoms with Gasteiger partial charge in [0.2, 0.25) is 10.0 Å². The van der Waals surface area contributed by atoms with Crippen LogP contribution in [0.3, 0.4) is 0 Å². The van der Waals surface area contributed by atoms with Crippen molar-refractivity contribution >= 4 is 21.4 Å². The number of hydrogen-bond donors (Lipinski definition) is 2. The van der Waals surface area contributed by atoms with Gasteiger partial charge in [0.15, 0.2) is 0 Å². The van der Waals surface area contributed by atoms with Crippen LogP contribution in [0, 0.1) is 17.1 Å². The highest BCUT2D eigenvalue weighted by Crippen LogP contribution is 2.26. The van der Waals surface area contributed by atoms with Crippen molar-refractivity contribution < 1.29 is 17.5 Å². The zero-order chi connectivity index (χ0) is 15.5. The van der Waals surface area contributed by atoms with Crippen LogP contribution in [0.15, 0.2) is 12.1 Å². The predicted octanol–water partition coefficient (Wildman–Crippen LogP) is 1.59. The molecule has 0 radical (unpaired) electrons. The maximum atomic E-state index is 13.3. The van der Waals surface area contributed by atoms with Crippen LogP contribution in [0.5, 0.6) is 0 Å². The molecule has 21 heavy (non-hydrogen) atoms. The van der Waals surface area contributed by atoms with Crippen molar-refractivity contribution in [2.75, 3.05) is 22.8 Å². The fraction of sp³-hybridized carbons (Fsp3) is 0.462. The Morgan fingerprint density at radius 3 is 2.86 bits per heavy atom. The van der Waals surface area contributed by atoms with Gasteiger partial charge in [0.05, 0.1) is 23.2 Å². The van der Waals surface area contributed by atoms with E-state index in [-0.39, 0.29) is 28.8 Å². The van der Waals surface area contributed by atoms with E-state index in [2.05, 4.69) is 4.72 Å². The van der Waals surface area contributed by atoms with E-state index in [4.69, 9.17) is 15.7 Å². The molecule has 1 atom stereocenters. The van der Waals surface area contributed by atoms with E-state index in [1.807, 2.05) is 0 Å². The van der Waals surface area contributed by atoms with Gasteiger partial charge in [0.1, 0.15) is 17.4 Å². The molecule has 0 aliphatic carbocycles. The number of rotatable bonds is 4. The van der Waals surface area contributed by atoms with Crippen molar-refractivity contribution in [1.82, 2.24) is 0 Å². The van der Waals surface area contributed by atoms with E-state index >= 15 is 0 Å². The summed E-state index contributed by atoms with van der Waals surface area (Å²) in [7, 11) is -3.68. The Hall–Kier alpha value is -1.85. The molecule has 0 unspecified atom stereocenters. The number of nitrogens with zero attached hydrogens (tertiary/aromatic N) is 1. The molecule has 6 nitrogen and oxygen atoms in total. The van der Waals surface area contributed by atoms with E-state index in [1.165, 1.54) is 6.07 Å². The molecule has 2 rings (SSSR count). The molecular formula is C13H16FN3O3S. The number of anilines is 2. The van der Waals surface area contributed by atoms with Crippen molar-refractivity contribution in [3.63, 3.8) is 0 Å². The first-order chi connectivity index (χ1) is 9.93. The molecule has 1 saturated heterocycles. The van der Waals surface area contributed by atoms with Crippen LogP contribution in [-0.4, -0.2) is 26.9 Å². The van der Waals surface area contributed by atoms with Gasteiger partial charge in [0.25, 0.3) is 0 Å². The fourth-order valence-electron chi connectivity index (χ4n) is 2.19. The van der Waals surface area contributed by atoms with Crippen LogP contribution >= 0.6 is 0 Å². The Balaban J connectivity index is 2.15. The average Bonchev–Trinajstić information content (AvgIpc) is 2.43. The first kappa shape index (κ1) is 15.5. The Morgan fingerprint density at radius 2 is 2.24 bits per heavy atom. The maximum absolute atomic E-state index is 13.3. The van der Waals surface area contributed by atoms with Crippen LogP contribution in [0.2, 0.25) is 0 Å². The third kappa shape index (κ3) is 3.83. The third-order valence-corrected chi connectivity index (χ3v) is 4.59. The molecule has 1 fully saturated rings. The lowest BCUT2D eigenvalue weighted by Gasteiger charge is -2.22. The summed E-state index contributed by atoms with van der Waals surface area (Å²) in [4.78, 5) is 0. The van der Waals surface area contributed by atoms with Crippen molar-refractivity contribution in [1.29, 1.82) is 5.26 Å². The number of nitriles is 1. The Kier molecular flexibility index (Phi) is 4.65. The number of nitrogens with one attached hydrogen (secondary N) is 1. The molecule has 0 spiro atoms. The number of ether oxygens (including phenoxy) is 1. The number of nitrogens with two attached hydrogens (primary N) is 1. The summed E-state index contributed by atoms with van der Waals surface area (Å²) >= 11 is 0. The van der Waals surface area contributed by atoms with Gasteiger partial charge in [-0.25, -0.2) is 12.8 Å². The van der Waals surface area contributed by atoms with Gasteiger partial charge < -0.3 is 10.5 Å². The highest BCUT2D eigenvalue weighted by Gasteiger charge is 2.23. The summed E-state index contributed by atoms with van der Waals surface area (Å²) in [5, 5.41) is 8.82. The van der Waals surface area contributed by atoms with E-state index in [0.717, 1.165) is 18.9 Å². The summed E-state index contributed by atoms with van der Waals surface area (Å²) in [6.07, 6.45) is 2.19. The maximum Gasteiger partial charge on any atom is 0.235 e. The Labute approximate surface area is 122 Å². The largest absolute Gasteiger partial charge is 0.396 e. The van der Waals surface area contributed by atoms with Crippen molar-refractivity contribution in [3.8, 4) is 6.07 Å². The number of sulfonamides is 1. The van der Waals surface area contributed by atoms with Gasteiger partial charge in [-0.1, -0.05) is 0 Å². The normalized spacial score (nSPS) is 19.0. The van der Waals surface area contributed by atoms with Crippen molar-refractivity contribution in [2.45, 2.75) is 25.4 Å². The molecule has 0 saturated carbocycles. The number of halogens is 1. The van der Waals surface area contributed by atoms with Gasteiger partial charge in [-0.3, -0.25) is 4.72 Å². The topological polar surface area (TPSA) is 105 Å². The fourth-order valence-corrected chi connectivity index (χ4v) is 3.54. The lowest BCUT2D eigenvalue weighted by Crippen LogP contribution is -2.31. The SMILES string of the molecule is N#Cc1c(F)ccc(NS(=O)(=O)C[C@H]2CCCCO2)c1N. The third-order valence-electron chi connectivity index (χ3n) is 3.25. The van der Waals surface area contributed by atoms with Crippen LogP contribution in [-0.2, 0) is 14.8 Å². The molecule has 1 aliphatic heterocycles. The number of hydrogen-bond acceptors (Lipinski definition) is 5. The molecule has 0 bridgehead atoms. The highest BCUT2D eigenvalue weighted by atomic mass is 32.2. The number of benzene rings is 1. The molecule has 1 aliphatic rings. The summed E-state index contributed by atoms with van der Waals surface area (Å²) in [5.41, 5.74) is 5.03. The molecule has 3 N–H and O–H groups in total. The molecule has 8 heteroatoms. The highest BCUT2D eigenvalue weighted by molar-refractivity contribution is 7.92. The quantitative estimate of drug-likeness (QED) is 0.821. The van der Waals surface area contributed by atoms with Crippen molar-refractivity contribution in [3.05, 3.63) is 23.5 Å². The molecule has 1 aromatic carbocycles. The van der Waals surface area contributed by atoms with Gasteiger partial charge >= 0.3 is 0 Å². The Bertz CT molecular complexity index is 664. The molecular weight excluding hydrogens is 297 g/mol. The minimum Gasteiger partial charge on any atom is -0.396 e. The molecule has 114 valence electrons. The van der Waals surface area contributed by atoms with Crippen LogP contribution in [0.1, 0.15) is 24.8 Å². The van der Waals surface area contributed by atoms with Crippen LogP contribution in [0.25, 0.3) is 0 Å². The van der Waals surface area contributed by atoms with Crippen LogP contribution in [0.4, 0.5) is 15.8 Å². The standard InChI is InChI=1S/C13H16FN3O3S/c14-11-4-5-12(13(16)10(11)7-15)17-21(18,19)8-9-3-1-2-6-20-9/h4-5,9,17H,1-3,6,8,16H2/t9-/m1/s1. The van der Waals surface area contributed by atoms with E-state index in [9.17, 15) is 12.8 Å². The lowest BCUT2D eigenvalue weighted by molar-refractivity contribution is 0.0306. The summed E-state index contributed by atoms with van der Waals surface area (Å²) in [5.74, 6) is -0.973. The van der Waals surface area contributed by atoms with E-state index in [0.29, 0.717) is 13.0 Å². The summed E-state index contributed by atoms with van der Waals surface area (Å²) < 4.78 is 45.2. The van der Waals surface area contributed by atoms with Gasteiger partial charge in [-0.05, 0) is 31.4 Å². The first-order valence-corrected chi connectivity index (χ1v) is 8.18. The minimum atomic E-state index is -3.68. The van der Waals surface area contributed by atoms with Gasteiger partial charge in [-0.15, -0.1) is 0 Å². The zero-order valence-electron chi connectivity index (χ0n) is 11.3. The van der Waals surface area contributed by atoms with Crippen LogP contribution < -0.4 is 10.5 Å². The average molecular weight is 313 g/mol. The Morgan fingerprint density at radius 1 is 1.48 bits per heavy atom. The lowest BCUT2D eigenvalue weighted by atomic mass is 10.1. The zero-order valence-corrected chi connectivity index (χ0v) is 12.1. The van der Waals surface area contributed by atoms with E-state index < -0.39 is 15.8 Å². The van der Waals surface area contributed by atoms with Crippen molar-refractivity contribution in [2.24, 2.45) is 0 Å². The summed E-state index contributed by atoms with van der Waals surface area (Å²) in [6.45, 7) is 0.553. The molecule has 0 amide bonds. The monoisotopic (exact) mass is 313 g/mol. The van der Waals surface area contributed by atoms with Gasteiger partial charge in [0, 0.05) is 6.61 Å². The molecule has 0 aromatic heterocycles. The second-order valence-electron chi connectivity index (χ2n) is 4.87. The first-order valence-electron chi connectivity index (χ1n) is 6.53. The second kappa shape index (κ2) is 6.28. The predicted molar refractivity (Wildman–Crippen MR) is 76.5 cm³/mol. The number of nitrogen functional groups attached to an aromatic ring is 1. The summed E-state index contributed by atoms with van der Waals surface area (Å²) in [6, 6.07) is 3.81. The second-order valence-corrected chi connectivity index (χ2v) is 6.63. The van der Waals surface area contributed by atoms with E-state index in [1.54, 1.807) is 6.07 Å². The smallest absolute Gasteiger partial charge is 0.235 e.